The van der Waals surface area contributed by atoms with Crippen LogP contribution in [0.25, 0.3) is 10.9 Å². The minimum Gasteiger partial charge on any atom is -0.350 e. The molecular weight excluding hydrogens is 336 g/mol. The zero-order valence-corrected chi connectivity index (χ0v) is 15.8. The predicted molar refractivity (Wildman–Crippen MR) is 107 cm³/mol. The van der Waals surface area contributed by atoms with Gasteiger partial charge in [-0.05, 0) is 43.5 Å². The molecule has 2 aromatic carbocycles. The summed E-state index contributed by atoms with van der Waals surface area (Å²) >= 11 is 0. The molecule has 0 unspecified atom stereocenters. The lowest BCUT2D eigenvalue weighted by Gasteiger charge is -2.32. The number of fused-ring (bicyclic) bond motifs is 1. The van der Waals surface area contributed by atoms with Crippen molar-refractivity contribution in [2.45, 2.75) is 19.4 Å². The van der Waals surface area contributed by atoms with Crippen molar-refractivity contribution < 1.29 is 4.79 Å². The maximum atomic E-state index is 12.6. The van der Waals surface area contributed by atoms with Crippen LogP contribution < -0.4 is 5.32 Å². The zero-order valence-electron chi connectivity index (χ0n) is 15.8. The number of likely N-dealkylation sites (tertiary alicyclic amines) is 1. The van der Waals surface area contributed by atoms with E-state index in [0.717, 1.165) is 49.9 Å². The number of carbonyl (C=O) groups excluding carboxylic acids is 1. The molecule has 5 heteroatoms. The molecule has 1 amide bonds. The summed E-state index contributed by atoms with van der Waals surface area (Å²) in [5, 5.41) is 8.43. The molecule has 140 valence electrons. The van der Waals surface area contributed by atoms with E-state index < -0.39 is 0 Å². The Morgan fingerprint density at radius 1 is 1.07 bits per heavy atom. The quantitative estimate of drug-likeness (QED) is 0.758. The van der Waals surface area contributed by atoms with E-state index in [9.17, 15) is 4.79 Å². The number of carbonyl (C=O) groups is 1. The third-order valence-corrected chi connectivity index (χ3v) is 5.48. The topological polar surface area (TPSA) is 50.2 Å². The van der Waals surface area contributed by atoms with E-state index in [1.165, 1.54) is 5.56 Å². The van der Waals surface area contributed by atoms with Gasteiger partial charge in [-0.15, -0.1) is 0 Å². The van der Waals surface area contributed by atoms with Crippen molar-refractivity contribution in [1.82, 2.24) is 20.0 Å². The maximum Gasteiger partial charge on any atom is 0.272 e. The van der Waals surface area contributed by atoms with E-state index in [4.69, 9.17) is 0 Å². The Labute approximate surface area is 160 Å². The van der Waals surface area contributed by atoms with Gasteiger partial charge in [0.05, 0.1) is 5.52 Å². The Hall–Kier alpha value is -2.66. The van der Waals surface area contributed by atoms with Crippen LogP contribution in [0, 0.1) is 5.92 Å². The number of aromatic nitrogens is 2. The second-order valence-corrected chi connectivity index (χ2v) is 7.40. The minimum atomic E-state index is -0.0708. The minimum absolute atomic E-state index is 0.0708. The molecule has 1 saturated heterocycles. The summed E-state index contributed by atoms with van der Waals surface area (Å²) in [6, 6.07) is 18.5. The lowest BCUT2D eigenvalue weighted by Crippen LogP contribution is -2.38. The number of piperidine rings is 1. The second-order valence-electron chi connectivity index (χ2n) is 7.40. The van der Waals surface area contributed by atoms with Crippen LogP contribution in [-0.4, -0.2) is 40.2 Å². The molecule has 0 spiro atoms. The fraction of sp³-hybridized carbons (Fsp3) is 0.364. The normalized spacial score (nSPS) is 15.9. The van der Waals surface area contributed by atoms with Gasteiger partial charge < -0.3 is 5.32 Å². The predicted octanol–water partition coefficient (Wildman–Crippen LogP) is 3.22. The van der Waals surface area contributed by atoms with E-state index in [-0.39, 0.29) is 5.91 Å². The van der Waals surface area contributed by atoms with Crippen LogP contribution in [0.5, 0.6) is 0 Å². The molecule has 0 radical (unpaired) electrons. The molecule has 1 aliphatic heterocycles. The Balaban J connectivity index is 1.29. The van der Waals surface area contributed by atoms with Gasteiger partial charge in [0.15, 0.2) is 5.69 Å². The van der Waals surface area contributed by atoms with Gasteiger partial charge in [0.1, 0.15) is 0 Å². The van der Waals surface area contributed by atoms with E-state index in [0.29, 0.717) is 11.6 Å². The van der Waals surface area contributed by atoms with E-state index in [1.54, 1.807) is 4.68 Å². The first-order valence-corrected chi connectivity index (χ1v) is 9.67. The number of hydrogen-bond acceptors (Lipinski definition) is 3. The number of rotatable bonds is 5. The lowest BCUT2D eigenvalue weighted by molar-refractivity contribution is 0.0931. The second kappa shape index (κ2) is 7.92. The van der Waals surface area contributed by atoms with E-state index >= 15 is 0 Å². The molecular formula is C22H26N4O. The van der Waals surface area contributed by atoms with Crippen molar-refractivity contribution in [2.24, 2.45) is 13.0 Å². The molecule has 1 fully saturated rings. The fourth-order valence-electron chi connectivity index (χ4n) is 3.89. The highest BCUT2D eigenvalue weighted by molar-refractivity contribution is 6.04. The van der Waals surface area contributed by atoms with Crippen molar-refractivity contribution in [3.05, 3.63) is 65.9 Å². The number of aryl methyl sites for hydroxylation is 1. The molecule has 0 aliphatic carbocycles. The number of para-hydroxylation sites is 1. The summed E-state index contributed by atoms with van der Waals surface area (Å²) < 4.78 is 1.77. The summed E-state index contributed by atoms with van der Waals surface area (Å²) in [4.78, 5) is 15.1. The van der Waals surface area contributed by atoms with Crippen molar-refractivity contribution in [3.8, 4) is 0 Å². The zero-order chi connectivity index (χ0) is 18.6. The third-order valence-electron chi connectivity index (χ3n) is 5.48. The molecule has 0 saturated carbocycles. The molecule has 5 nitrogen and oxygen atoms in total. The van der Waals surface area contributed by atoms with Gasteiger partial charge in [-0.2, -0.15) is 5.10 Å². The number of amides is 1. The number of benzene rings is 2. The third kappa shape index (κ3) is 4.03. The first-order chi connectivity index (χ1) is 13.2. The summed E-state index contributed by atoms with van der Waals surface area (Å²) in [5.74, 6) is 0.467. The maximum absolute atomic E-state index is 12.6. The SMILES string of the molecule is Cn1nc(C(=O)NCC2CCN(Cc3ccccc3)CC2)c2ccccc21. The van der Waals surface area contributed by atoms with Gasteiger partial charge >= 0.3 is 0 Å². The highest BCUT2D eigenvalue weighted by atomic mass is 16.1. The molecule has 27 heavy (non-hydrogen) atoms. The molecule has 0 bridgehead atoms. The highest BCUT2D eigenvalue weighted by Gasteiger charge is 2.21. The molecule has 1 aromatic heterocycles. The number of hydrogen-bond donors (Lipinski definition) is 1. The number of nitrogens with one attached hydrogen (secondary N) is 1. The summed E-state index contributed by atoms with van der Waals surface area (Å²) in [6.45, 7) is 3.91. The van der Waals surface area contributed by atoms with Gasteiger partial charge in [-0.25, -0.2) is 0 Å². The smallest absolute Gasteiger partial charge is 0.272 e. The molecule has 4 rings (SSSR count). The van der Waals surface area contributed by atoms with Crippen molar-refractivity contribution in [1.29, 1.82) is 0 Å². The molecule has 0 atom stereocenters. The van der Waals surface area contributed by atoms with Crippen LogP contribution in [0.2, 0.25) is 0 Å². The molecule has 2 heterocycles. The molecule has 3 aromatic rings. The van der Waals surface area contributed by atoms with Gasteiger partial charge in [-0.3, -0.25) is 14.4 Å². The highest BCUT2D eigenvalue weighted by Crippen LogP contribution is 2.20. The van der Waals surface area contributed by atoms with E-state index in [1.807, 2.05) is 31.3 Å². The van der Waals surface area contributed by atoms with Crippen LogP contribution in [0.15, 0.2) is 54.6 Å². The summed E-state index contributed by atoms with van der Waals surface area (Å²) in [7, 11) is 1.88. The molecule has 1 aliphatic rings. The van der Waals surface area contributed by atoms with E-state index in [2.05, 4.69) is 45.6 Å². The first-order valence-electron chi connectivity index (χ1n) is 9.67. The van der Waals surface area contributed by atoms with Crippen molar-refractivity contribution >= 4 is 16.8 Å². The lowest BCUT2D eigenvalue weighted by atomic mass is 9.96. The Kier molecular flexibility index (Phi) is 5.21. The monoisotopic (exact) mass is 362 g/mol. The standard InChI is InChI=1S/C22H26N4O/c1-25-20-10-6-5-9-19(20)21(24-25)22(27)23-15-17-11-13-26(14-12-17)16-18-7-3-2-4-8-18/h2-10,17H,11-16H2,1H3,(H,23,27). The van der Waals surface area contributed by atoms with Gasteiger partial charge in [-0.1, -0.05) is 48.5 Å². The van der Waals surface area contributed by atoms with Crippen molar-refractivity contribution in [3.63, 3.8) is 0 Å². The number of nitrogens with zero attached hydrogens (tertiary/aromatic N) is 3. The Morgan fingerprint density at radius 2 is 1.78 bits per heavy atom. The Bertz CT molecular complexity index is 910. The van der Waals surface area contributed by atoms with Crippen LogP contribution in [-0.2, 0) is 13.6 Å². The fourth-order valence-corrected chi connectivity index (χ4v) is 3.89. The van der Waals surface area contributed by atoms with Crippen LogP contribution in [0.4, 0.5) is 0 Å². The van der Waals surface area contributed by atoms with Crippen LogP contribution in [0.3, 0.4) is 0 Å². The largest absolute Gasteiger partial charge is 0.350 e. The van der Waals surface area contributed by atoms with Crippen LogP contribution in [0.1, 0.15) is 28.9 Å². The average molecular weight is 362 g/mol. The van der Waals surface area contributed by atoms with Crippen LogP contribution >= 0.6 is 0 Å². The molecule has 1 N–H and O–H groups in total. The summed E-state index contributed by atoms with van der Waals surface area (Å²) in [5.41, 5.74) is 2.87. The Morgan fingerprint density at radius 3 is 2.56 bits per heavy atom. The summed E-state index contributed by atoms with van der Waals surface area (Å²) in [6.07, 6.45) is 2.24. The van der Waals surface area contributed by atoms with Gasteiger partial charge in [0.2, 0.25) is 0 Å². The average Bonchev–Trinajstić information content (AvgIpc) is 3.05. The van der Waals surface area contributed by atoms with Gasteiger partial charge in [0.25, 0.3) is 5.91 Å². The van der Waals surface area contributed by atoms with Crippen molar-refractivity contribution in [2.75, 3.05) is 19.6 Å². The van der Waals surface area contributed by atoms with Gasteiger partial charge in [0, 0.05) is 25.5 Å². The first kappa shape index (κ1) is 17.7.